The molecule has 0 bridgehead atoms. The van der Waals surface area contributed by atoms with E-state index in [0.717, 1.165) is 0 Å². The number of aryl methyl sites for hydroxylation is 1. The number of halogens is 2. The van der Waals surface area contributed by atoms with Crippen LogP contribution in [0.1, 0.15) is 34.3 Å². The van der Waals surface area contributed by atoms with E-state index in [1.165, 1.54) is 0 Å². The molecule has 30 heavy (non-hydrogen) atoms. The minimum absolute atomic E-state index is 0.145. The highest BCUT2D eigenvalue weighted by atomic mass is 35.5. The second-order valence-corrected chi connectivity index (χ2v) is 7.24. The fourth-order valence-electron chi connectivity index (χ4n) is 3.19. The summed E-state index contributed by atoms with van der Waals surface area (Å²) in [6.45, 7) is 3.61. The Hall–Kier alpha value is -3.14. The Labute approximate surface area is 183 Å². The summed E-state index contributed by atoms with van der Waals surface area (Å²) < 4.78 is 5.05. The third-order valence-electron chi connectivity index (χ3n) is 4.52. The summed E-state index contributed by atoms with van der Waals surface area (Å²) in [5.41, 5.74) is 2.13. The molecule has 0 saturated carbocycles. The average Bonchev–Trinajstić information content (AvgIpc) is 2.70. The number of hydrogen-bond acceptors (Lipinski definition) is 5. The number of nitrogens with zero attached hydrogens (tertiary/aromatic N) is 2. The smallest absolute Gasteiger partial charge is 0.327 e. The van der Waals surface area contributed by atoms with Crippen molar-refractivity contribution in [2.24, 2.45) is 0 Å². The molecule has 0 spiro atoms. The van der Waals surface area contributed by atoms with Crippen LogP contribution in [0.5, 0.6) is 0 Å². The molecule has 0 aliphatic heterocycles. The number of rotatable bonds is 5. The highest BCUT2D eigenvalue weighted by Crippen LogP contribution is 2.33. The first-order valence-electron chi connectivity index (χ1n) is 9.08. The predicted molar refractivity (Wildman–Crippen MR) is 116 cm³/mol. The van der Waals surface area contributed by atoms with Crippen molar-refractivity contribution in [1.29, 1.82) is 5.26 Å². The summed E-state index contributed by atoms with van der Waals surface area (Å²) in [5.74, 6) is -2.24. The summed E-state index contributed by atoms with van der Waals surface area (Å²) in [5, 5.41) is 13.4. The second kappa shape index (κ2) is 9.12. The number of esters is 1. The van der Waals surface area contributed by atoms with Crippen molar-refractivity contribution in [3.8, 4) is 6.07 Å². The van der Waals surface area contributed by atoms with Crippen LogP contribution in [0.15, 0.2) is 42.6 Å². The number of amides is 1. The first-order valence-corrected chi connectivity index (χ1v) is 9.84. The lowest BCUT2D eigenvalue weighted by Gasteiger charge is -2.16. The standard InChI is InChI=1S/C22H17Cl2N3O3/c1-3-30-22(29)14(10-25)18-12(2)11-26-20-13(18)6-4-9-17(20)27-21(28)19-15(23)7-5-8-16(19)24/h4-9,11,14H,3H2,1-2H3,(H,27,28). The number of carbonyl (C=O) groups is 2. The number of nitriles is 1. The number of nitrogens with one attached hydrogen (secondary N) is 1. The quantitative estimate of drug-likeness (QED) is 0.544. The summed E-state index contributed by atoms with van der Waals surface area (Å²) in [7, 11) is 0. The number of pyridine rings is 1. The molecule has 6 nitrogen and oxygen atoms in total. The molecule has 1 N–H and O–H groups in total. The molecule has 1 heterocycles. The van der Waals surface area contributed by atoms with Crippen LogP contribution in [0.25, 0.3) is 10.9 Å². The normalized spacial score (nSPS) is 11.6. The number of hydrogen-bond donors (Lipinski definition) is 1. The van der Waals surface area contributed by atoms with Crippen LogP contribution < -0.4 is 5.32 Å². The van der Waals surface area contributed by atoms with Crippen molar-refractivity contribution in [2.75, 3.05) is 11.9 Å². The van der Waals surface area contributed by atoms with Crippen molar-refractivity contribution in [3.05, 3.63) is 69.3 Å². The molecule has 0 aliphatic carbocycles. The molecule has 1 amide bonds. The van der Waals surface area contributed by atoms with Gasteiger partial charge in [0.25, 0.3) is 5.91 Å². The van der Waals surface area contributed by atoms with E-state index < -0.39 is 17.8 Å². The molecule has 1 unspecified atom stereocenters. The van der Waals surface area contributed by atoms with Gasteiger partial charge in [-0.15, -0.1) is 0 Å². The molecule has 0 fully saturated rings. The van der Waals surface area contributed by atoms with Gasteiger partial charge in [-0.25, -0.2) is 0 Å². The fraction of sp³-hybridized carbons (Fsp3) is 0.182. The van der Waals surface area contributed by atoms with Gasteiger partial charge >= 0.3 is 5.97 Å². The van der Waals surface area contributed by atoms with Gasteiger partial charge in [-0.2, -0.15) is 5.26 Å². The van der Waals surface area contributed by atoms with Gasteiger partial charge in [0.15, 0.2) is 5.92 Å². The lowest BCUT2D eigenvalue weighted by molar-refractivity contribution is -0.143. The van der Waals surface area contributed by atoms with E-state index in [4.69, 9.17) is 27.9 Å². The number of anilines is 1. The summed E-state index contributed by atoms with van der Waals surface area (Å²) >= 11 is 12.3. The largest absolute Gasteiger partial charge is 0.465 e. The molecule has 0 radical (unpaired) electrons. The van der Waals surface area contributed by atoms with Gasteiger partial charge in [-0.1, -0.05) is 41.4 Å². The van der Waals surface area contributed by atoms with Gasteiger partial charge < -0.3 is 10.1 Å². The van der Waals surface area contributed by atoms with Crippen LogP contribution in [0, 0.1) is 18.3 Å². The first kappa shape index (κ1) is 21.6. The number of aromatic nitrogens is 1. The maximum atomic E-state index is 12.8. The zero-order valence-corrected chi connectivity index (χ0v) is 17.7. The van der Waals surface area contributed by atoms with E-state index in [9.17, 15) is 14.9 Å². The Morgan fingerprint density at radius 3 is 2.50 bits per heavy atom. The second-order valence-electron chi connectivity index (χ2n) is 6.42. The van der Waals surface area contributed by atoms with E-state index in [0.29, 0.717) is 27.7 Å². The molecular weight excluding hydrogens is 425 g/mol. The lowest BCUT2D eigenvalue weighted by atomic mass is 9.92. The Bertz CT molecular complexity index is 1170. The Balaban J connectivity index is 2.10. The van der Waals surface area contributed by atoms with Crippen molar-refractivity contribution < 1.29 is 14.3 Å². The predicted octanol–water partition coefficient (Wildman–Crippen LogP) is 5.27. The highest BCUT2D eigenvalue weighted by molar-refractivity contribution is 6.40. The minimum atomic E-state index is -1.11. The molecule has 0 saturated heterocycles. The zero-order chi connectivity index (χ0) is 21.8. The van der Waals surface area contributed by atoms with Gasteiger partial charge in [0.2, 0.25) is 0 Å². The van der Waals surface area contributed by atoms with E-state index >= 15 is 0 Å². The van der Waals surface area contributed by atoms with E-state index in [1.54, 1.807) is 56.4 Å². The topological polar surface area (TPSA) is 92.1 Å². The number of benzene rings is 2. The molecule has 8 heteroatoms. The molecule has 1 aromatic heterocycles. The van der Waals surface area contributed by atoms with Crippen molar-refractivity contribution in [2.45, 2.75) is 19.8 Å². The lowest BCUT2D eigenvalue weighted by Crippen LogP contribution is -2.17. The Morgan fingerprint density at radius 1 is 1.20 bits per heavy atom. The van der Waals surface area contributed by atoms with Crippen LogP contribution >= 0.6 is 23.2 Å². The third-order valence-corrected chi connectivity index (χ3v) is 5.15. The van der Waals surface area contributed by atoms with Crippen molar-refractivity contribution in [1.82, 2.24) is 4.98 Å². The van der Waals surface area contributed by atoms with E-state index in [-0.39, 0.29) is 22.2 Å². The van der Waals surface area contributed by atoms with E-state index in [2.05, 4.69) is 10.3 Å². The Kier molecular flexibility index (Phi) is 6.56. The number of carbonyl (C=O) groups excluding carboxylic acids is 2. The monoisotopic (exact) mass is 441 g/mol. The van der Waals surface area contributed by atoms with Gasteiger partial charge in [0, 0.05) is 11.6 Å². The number of fused-ring (bicyclic) bond motifs is 1. The average molecular weight is 442 g/mol. The van der Waals surface area contributed by atoms with Crippen LogP contribution in [-0.4, -0.2) is 23.5 Å². The summed E-state index contributed by atoms with van der Waals surface area (Å²) in [4.78, 5) is 29.5. The van der Waals surface area contributed by atoms with E-state index in [1.807, 2.05) is 6.07 Å². The molecular formula is C22H17Cl2N3O3. The number of ether oxygens (including phenoxy) is 1. The Morgan fingerprint density at radius 2 is 1.87 bits per heavy atom. The maximum absolute atomic E-state index is 12.8. The molecule has 0 aliphatic rings. The fourth-order valence-corrected chi connectivity index (χ4v) is 3.76. The molecule has 152 valence electrons. The van der Waals surface area contributed by atoms with Crippen molar-refractivity contribution >= 4 is 51.7 Å². The van der Waals surface area contributed by atoms with Crippen LogP contribution in [0.4, 0.5) is 5.69 Å². The van der Waals surface area contributed by atoms with Crippen LogP contribution in [0.3, 0.4) is 0 Å². The molecule has 3 aromatic rings. The summed E-state index contributed by atoms with van der Waals surface area (Å²) in [6, 6.07) is 11.9. The third kappa shape index (κ3) is 4.09. The minimum Gasteiger partial charge on any atom is -0.465 e. The van der Waals surface area contributed by atoms with Gasteiger partial charge in [0.05, 0.1) is 39.5 Å². The van der Waals surface area contributed by atoms with Crippen LogP contribution in [-0.2, 0) is 9.53 Å². The highest BCUT2D eigenvalue weighted by Gasteiger charge is 2.26. The molecule has 3 rings (SSSR count). The van der Waals surface area contributed by atoms with Crippen molar-refractivity contribution in [3.63, 3.8) is 0 Å². The van der Waals surface area contributed by atoms with Gasteiger partial charge in [-0.05, 0) is 43.2 Å². The first-order chi connectivity index (χ1) is 14.4. The maximum Gasteiger partial charge on any atom is 0.327 e. The SMILES string of the molecule is CCOC(=O)C(C#N)c1c(C)cnc2c(NC(=O)c3c(Cl)cccc3Cl)cccc12. The zero-order valence-electron chi connectivity index (χ0n) is 16.2. The van der Waals surface area contributed by atoms with Crippen LogP contribution in [0.2, 0.25) is 10.0 Å². The molecule has 2 aromatic carbocycles. The van der Waals surface area contributed by atoms with Gasteiger partial charge in [-0.3, -0.25) is 14.6 Å². The molecule has 1 atom stereocenters. The van der Waals surface area contributed by atoms with Gasteiger partial charge in [0.1, 0.15) is 0 Å². The number of para-hydroxylation sites is 1. The summed E-state index contributed by atoms with van der Waals surface area (Å²) in [6.07, 6.45) is 1.55.